The Morgan fingerprint density at radius 2 is 1.89 bits per heavy atom. The molecule has 2 nitrogen and oxygen atoms in total. The van der Waals surface area contributed by atoms with E-state index in [2.05, 4.69) is 37.4 Å². The van der Waals surface area contributed by atoms with Gasteiger partial charge in [0.05, 0.1) is 0 Å². The Hall–Kier alpha value is -1.02. The van der Waals surface area contributed by atoms with Crippen molar-refractivity contribution >= 4 is 5.69 Å². The Labute approximate surface area is 110 Å². The maximum absolute atomic E-state index is 9.43. The smallest absolute Gasteiger partial charge is 0.0462 e. The van der Waals surface area contributed by atoms with E-state index in [-0.39, 0.29) is 0 Å². The van der Waals surface area contributed by atoms with Crippen LogP contribution in [0.25, 0.3) is 0 Å². The quantitative estimate of drug-likeness (QED) is 0.853. The molecule has 1 aromatic rings. The largest absolute Gasteiger partial charge is 0.396 e. The summed E-state index contributed by atoms with van der Waals surface area (Å²) >= 11 is 0. The number of hydrogen-bond donors (Lipinski definition) is 2. The third-order valence-corrected chi connectivity index (χ3v) is 4.46. The monoisotopic (exact) mass is 247 g/mol. The second kappa shape index (κ2) is 6.24. The van der Waals surface area contributed by atoms with Crippen LogP contribution < -0.4 is 5.32 Å². The second-order valence-corrected chi connectivity index (χ2v) is 5.62. The van der Waals surface area contributed by atoms with Gasteiger partial charge < -0.3 is 10.4 Å². The molecule has 1 fully saturated rings. The fourth-order valence-electron chi connectivity index (χ4n) is 2.98. The zero-order valence-corrected chi connectivity index (χ0v) is 11.6. The highest BCUT2D eigenvalue weighted by Gasteiger charge is 2.24. The maximum Gasteiger partial charge on any atom is 0.0462 e. The van der Waals surface area contributed by atoms with Crippen LogP contribution in [0.3, 0.4) is 0 Å². The SMILES string of the molecule is Cc1cccc(NCC2CCCCC2CO)c1C. The number of aliphatic hydroxyl groups is 1. The van der Waals surface area contributed by atoms with E-state index in [0.29, 0.717) is 18.4 Å². The molecule has 2 unspecified atom stereocenters. The van der Waals surface area contributed by atoms with Crippen molar-refractivity contribution in [1.82, 2.24) is 0 Å². The van der Waals surface area contributed by atoms with Gasteiger partial charge in [0.15, 0.2) is 0 Å². The molecule has 0 saturated heterocycles. The van der Waals surface area contributed by atoms with E-state index in [1.165, 1.54) is 42.5 Å². The molecular formula is C16H25NO. The van der Waals surface area contributed by atoms with E-state index in [4.69, 9.17) is 0 Å². The van der Waals surface area contributed by atoms with Gasteiger partial charge in [0.25, 0.3) is 0 Å². The molecule has 0 heterocycles. The molecule has 2 rings (SSSR count). The van der Waals surface area contributed by atoms with Crippen LogP contribution in [0.15, 0.2) is 18.2 Å². The van der Waals surface area contributed by atoms with Crippen molar-refractivity contribution in [1.29, 1.82) is 0 Å². The van der Waals surface area contributed by atoms with Gasteiger partial charge in [-0.1, -0.05) is 25.0 Å². The molecule has 0 amide bonds. The minimum absolute atomic E-state index is 0.346. The number of rotatable bonds is 4. The van der Waals surface area contributed by atoms with Crippen LogP contribution >= 0.6 is 0 Å². The molecule has 0 radical (unpaired) electrons. The fourth-order valence-corrected chi connectivity index (χ4v) is 2.98. The molecule has 18 heavy (non-hydrogen) atoms. The average molecular weight is 247 g/mol. The van der Waals surface area contributed by atoms with Crippen molar-refractivity contribution in [3.63, 3.8) is 0 Å². The first-order valence-corrected chi connectivity index (χ1v) is 7.13. The number of nitrogens with one attached hydrogen (secondary N) is 1. The summed E-state index contributed by atoms with van der Waals surface area (Å²) in [5.41, 5.74) is 3.92. The van der Waals surface area contributed by atoms with Crippen LogP contribution in [0.5, 0.6) is 0 Å². The van der Waals surface area contributed by atoms with Crippen LogP contribution in [0.1, 0.15) is 36.8 Å². The van der Waals surface area contributed by atoms with Crippen molar-refractivity contribution in [2.45, 2.75) is 39.5 Å². The lowest BCUT2D eigenvalue weighted by Crippen LogP contribution is -2.28. The first-order chi connectivity index (χ1) is 8.72. The molecule has 1 aliphatic carbocycles. The minimum atomic E-state index is 0.346. The molecule has 1 saturated carbocycles. The third-order valence-electron chi connectivity index (χ3n) is 4.46. The lowest BCUT2D eigenvalue weighted by atomic mass is 9.79. The lowest BCUT2D eigenvalue weighted by molar-refractivity contribution is 0.141. The van der Waals surface area contributed by atoms with Crippen molar-refractivity contribution < 1.29 is 5.11 Å². The zero-order valence-electron chi connectivity index (χ0n) is 11.6. The Bertz CT molecular complexity index is 389. The van der Waals surface area contributed by atoms with E-state index < -0.39 is 0 Å². The highest BCUT2D eigenvalue weighted by atomic mass is 16.3. The normalized spacial score (nSPS) is 23.9. The lowest BCUT2D eigenvalue weighted by Gasteiger charge is -2.30. The van der Waals surface area contributed by atoms with Crippen LogP contribution in [0.4, 0.5) is 5.69 Å². The average Bonchev–Trinajstić information content (AvgIpc) is 2.41. The summed E-state index contributed by atoms with van der Waals surface area (Å²) in [7, 11) is 0. The predicted octanol–water partition coefficient (Wildman–Crippen LogP) is 3.51. The summed E-state index contributed by atoms with van der Waals surface area (Å²) in [5, 5.41) is 13.0. The fraction of sp³-hybridized carbons (Fsp3) is 0.625. The van der Waals surface area contributed by atoms with Gasteiger partial charge in [0, 0.05) is 18.8 Å². The summed E-state index contributed by atoms with van der Waals surface area (Å²) in [4.78, 5) is 0. The topological polar surface area (TPSA) is 32.3 Å². The van der Waals surface area contributed by atoms with Crippen LogP contribution in [-0.2, 0) is 0 Å². The van der Waals surface area contributed by atoms with Crippen LogP contribution in [0, 0.1) is 25.7 Å². The summed E-state index contributed by atoms with van der Waals surface area (Å²) in [6, 6.07) is 6.41. The Morgan fingerprint density at radius 3 is 2.61 bits per heavy atom. The highest BCUT2D eigenvalue weighted by molar-refractivity contribution is 5.53. The first kappa shape index (κ1) is 13.4. The van der Waals surface area contributed by atoms with Gasteiger partial charge in [-0.2, -0.15) is 0 Å². The van der Waals surface area contributed by atoms with Gasteiger partial charge in [-0.15, -0.1) is 0 Å². The van der Waals surface area contributed by atoms with E-state index >= 15 is 0 Å². The Morgan fingerprint density at radius 1 is 1.17 bits per heavy atom. The number of anilines is 1. The number of hydrogen-bond acceptors (Lipinski definition) is 2. The van der Waals surface area contributed by atoms with Gasteiger partial charge in [0.2, 0.25) is 0 Å². The van der Waals surface area contributed by atoms with Gasteiger partial charge in [-0.05, 0) is 55.7 Å². The van der Waals surface area contributed by atoms with Crippen molar-refractivity contribution in [3.05, 3.63) is 29.3 Å². The van der Waals surface area contributed by atoms with Crippen LogP contribution in [0.2, 0.25) is 0 Å². The van der Waals surface area contributed by atoms with Gasteiger partial charge >= 0.3 is 0 Å². The summed E-state index contributed by atoms with van der Waals surface area (Å²) in [6.45, 7) is 5.66. The standard InChI is InChI=1S/C16H25NO/c1-12-6-5-9-16(13(12)2)17-10-14-7-3-4-8-15(14)11-18/h5-6,9,14-15,17-18H,3-4,7-8,10-11H2,1-2H3. The predicted molar refractivity (Wildman–Crippen MR) is 76.9 cm³/mol. The van der Waals surface area contributed by atoms with E-state index in [1.54, 1.807) is 0 Å². The van der Waals surface area contributed by atoms with Crippen LogP contribution in [-0.4, -0.2) is 18.3 Å². The summed E-state index contributed by atoms with van der Waals surface area (Å²) in [6.07, 6.45) is 5.04. The Balaban J connectivity index is 1.96. The molecule has 0 aliphatic heterocycles. The highest BCUT2D eigenvalue weighted by Crippen LogP contribution is 2.30. The molecule has 100 valence electrons. The van der Waals surface area contributed by atoms with E-state index in [9.17, 15) is 5.11 Å². The Kier molecular flexibility index (Phi) is 4.65. The molecule has 1 aromatic carbocycles. The molecule has 2 N–H and O–H groups in total. The van der Waals surface area contributed by atoms with Crippen molar-refractivity contribution in [3.8, 4) is 0 Å². The summed E-state index contributed by atoms with van der Waals surface area (Å²) in [5.74, 6) is 1.13. The van der Waals surface area contributed by atoms with Gasteiger partial charge in [-0.25, -0.2) is 0 Å². The molecule has 0 aromatic heterocycles. The molecular weight excluding hydrogens is 222 g/mol. The van der Waals surface area contributed by atoms with E-state index in [0.717, 1.165) is 6.54 Å². The van der Waals surface area contributed by atoms with Gasteiger partial charge in [0.1, 0.15) is 0 Å². The molecule has 0 bridgehead atoms. The van der Waals surface area contributed by atoms with E-state index in [1.807, 2.05) is 0 Å². The third kappa shape index (κ3) is 3.05. The molecule has 1 aliphatic rings. The molecule has 2 atom stereocenters. The van der Waals surface area contributed by atoms with Crippen molar-refractivity contribution in [2.24, 2.45) is 11.8 Å². The zero-order chi connectivity index (χ0) is 13.0. The second-order valence-electron chi connectivity index (χ2n) is 5.62. The molecule has 0 spiro atoms. The number of aryl methyl sites for hydroxylation is 1. The maximum atomic E-state index is 9.43. The molecule has 2 heteroatoms. The summed E-state index contributed by atoms with van der Waals surface area (Å²) < 4.78 is 0. The van der Waals surface area contributed by atoms with Gasteiger partial charge in [-0.3, -0.25) is 0 Å². The first-order valence-electron chi connectivity index (χ1n) is 7.13. The number of aliphatic hydroxyl groups excluding tert-OH is 1. The number of benzene rings is 1. The van der Waals surface area contributed by atoms with Crippen molar-refractivity contribution in [2.75, 3.05) is 18.5 Å². The minimum Gasteiger partial charge on any atom is -0.396 e.